The van der Waals surface area contributed by atoms with E-state index in [1.807, 2.05) is 50.2 Å². The van der Waals surface area contributed by atoms with E-state index in [0.717, 1.165) is 21.2 Å². The highest BCUT2D eigenvalue weighted by molar-refractivity contribution is 9.10. The lowest BCUT2D eigenvalue weighted by molar-refractivity contribution is 0.551. The predicted octanol–water partition coefficient (Wildman–Crippen LogP) is 4.95. The normalized spacial score (nSPS) is 22.2. The van der Waals surface area contributed by atoms with Crippen molar-refractivity contribution < 1.29 is 12.6 Å². The topological polar surface area (TPSA) is 54.2 Å². The molecule has 1 fully saturated rings. The van der Waals surface area contributed by atoms with E-state index in [0.29, 0.717) is 4.90 Å². The van der Waals surface area contributed by atoms with Crippen LogP contribution in [0.4, 0.5) is 0 Å². The molecule has 0 amide bonds. The van der Waals surface area contributed by atoms with E-state index in [1.165, 1.54) is 4.31 Å². The molecule has 7 heteroatoms. The van der Waals surface area contributed by atoms with Crippen LogP contribution in [-0.2, 0) is 20.8 Å². The first kappa shape index (κ1) is 20.5. The summed E-state index contributed by atoms with van der Waals surface area (Å²) < 4.78 is 42.3. The molecular formula is C22H20BrNO3S2. The van der Waals surface area contributed by atoms with Crippen LogP contribution in [0.25, 0.3) is 0 Å². The fraction of sp³-hybridized carbons (Fsp3) is 0.182. The van der Waals surface area contributed by atoms with Gasteiger partial charge in [0.1, 0.15) is 5.37 Å². The van der Waals surface area contributed by atoms with Crippen molar-refractivity contribution >= 4 is 36.8 Å². The number of rotatable bonds is 5. The molecule has 0 N–H and O–H groups in total. The second-order valence-electron chi connectivity index (χ2n) is 7.15. The van der Waals surface area contributed by atoms with Crippen molar-refractivity contribution in [3.63, 3.8) is 0 Å². The van der Waals surface area contributed by atoms with Crippen LogP contribution in [0.15, 0.2) is 87.1 Å². The Labute approximate surface area is 182 Å². The number of benzene rings is 3. The SMILES string of the molecule is Cc1ccc(S(=O)[C@H]2[C@@H](c3ccc(Br)cc3)N2S(=O)(=O)c2ccc(C)cc2)cc1. The van der Waals surface area contributed by atoms with E-state index in [1.54, 1.807) is 36.4 Å². The maximum atomic E-state index is 13.3. The number of sulfonamides is 1. The van der Waals surface area contributed by atoms with Crippen molar-refractivity contribution in [2.24, 2.45) is 0 Å². The van der Waals surface area contributed by atoms with Crippen molar-refractivity contribution in [3.05, 3.63) is 94.0 Å². The third kappa shape index (κ3) is 3.97. The molecule has 1 aliphatic heterocycles. The van der Waals surface area contributed by atoms with Crippen molar-refractivity contribution in [1.82, 2.24) is 4.31 Å². The molecule has 0 saturated carbocycles. The maximum absolute atomic E-state index is 13.3. The fourth-order valence-electron chi connectivity index (χ4n) is 3.30. The molecule has 150 valence electrons. The molecule has 4 atom stereocenters. The van der Waals surface area contributed by atoms with E-state index in [-0.39, 0.29) is 4.90 Å². The van der Waals surface area contributed by atoms with E-state index >= 15 is 0 Å². The van der Waals surface area contributed by atoms with Crippen molar-refractivity contribution in [2.45, 2.75) is 35.1 Å². The Morgan fingerprint density at radius 1 is 0.828 bits per heavy atom. The average molecular weight is 490 g/mol. The Bertz CT molecular complexity index is 1160. The van der Waals surface area contributed by atoms with Crippen molar-refractivity contribution in [3.8, 4) is 0 Å². The maximum Gasteiger partial charge on any atom is 0.244 e. The number of halogens is 1. The van der Waals surface area contributed by atoms with E-state index in [2.05, 4.69) is 15.9 Å². The molecule has 0 bridgehead atoms. The molecule has 0 aromatic heterocycles. The lowest BCUT2D eigenvalue weighted by Crippen LogP contribution is -2.17. The Morgan fingerprint density at radius 2 is 1.34 bits per heavy atom. The van der Waals surface area contributed by atoms with Crippen LogP contribution in [0.5, 0.6) is 0 Å². The summed E-state index contributed by atoms with van der Waals surface area (Å²) in [5.74, 6) is 0. The molecule has 2 unspecified atom stereocenters. The van der Waals surface area contributed by atoms with Crippen LogP contribution in [0.2, 0.25) is 0 Å². The minimum absolute atomic E-state index is 0.216. The van der Waals surface area contributed by atoms with E-state index in [4.69, 9.17) is 0 Å². The summed E-state index contributed by atoms with van der Waals surface area (Å²) in [6.07, 6.45) is 0. The molecule has 29 heavy (non-hydrogen) atoms. The lowest BCUT2D eigenvalue weighted by atomic mass is 10.2. The van der Waals surface area contributed by atoms with Gasteiger partial charge in [0.25, 0.3) is 0 Å². The van der Waals surface area contributed by atoms with E-state index in [9.17, 15) is 12.6 Å². The van der Waals surface area contributed by atoms with Gasteiger partial charge in [-0.15, -0.1) is 0 Å². The molecule has 1 saturated heterocycles. The first-order valence-electron chi connectivity index (χ1n) is 9.12. The summed E-state index contributed by atoms with van der Waals surface area (Å²) in [4.78, 5) is 0.845. The van der Waals surface area contributed by atoms with Gasteiger partial charge in [0.2, 0.25) is 10.0 Å². The Kier molecular flexibility index (Phi) is 5.50. The summed E-state index contributed by atoms with van der Waals surface area (Å²) in [7, 11) is -5.26. The van der Waals surface area contributed by atoms with Gasteiger partial charge in [0, 0.05) is 9.37 Å². The molecule has 0 radical (unpaired) electrons. The monoisotopic (exact) mass is 489 g/mol. The predicted molar refractivity (Wildman–Crippen MR) is 118 cm³/mol. The second-order valence-corrected chi connectivity index (χ2v) is 11.5. The summed E-state index contributed by atoms with van der Waals surface area (Å²) in [5.41, 5.74) is 2.88. The first-order chi connectivity index (χ1) is 13.8. The summed E-state index contributed by atoms with van der Waals surface area (Å²) in [5, 5.41) is -0.634. The molecule has 3 aromatic carbocycles. The van der Waals surface area contributed by atoms with Crippen molar-refractivity contribution in [2.75, 3.05) is 0 Å². The molecule has 3 aromatic rings. The van der Waals surface area contributed by atoms with Crippen LogP contribution < -0.4 is 0 Å². The highest BCUT2D eigenvalue weighted by atomic mass is 79.9. The average Bonchev–Trinajstić information content (AvgIpc) is 3.45. The number of nitrogens with zero attached hydrogens (tertiary/aromatic N) is 1. The van der Waals surface area contributed by atoms with Gasteiger partial charge < -0.3 is 0 Å². The van der Waals surface area contributed by atoms with Gasteiger partial charge in [0.15, 0.2) is 0 Å². The minimum atomic E-state index is -3.77. The van der Waals surface area contributed by atoms with Gasteiger partial charge >= 0.3 is 0 Å². The Morgan fingerprint density at radius 3 is 1.90 bits per heavy atom. The third-order valence-corrected chi connectivity index (χ3v) is 9.19. The van der Waals surface area contributed by atoms with Gasteiger partial charge in [-0.25, -0.2) is 8.42 Å². The molecular weight excluding hydrogens is 470 g/mol. The summed E-state index contributed by atoms with van der Waals surface area (Å²) in [6.45, 7) is 3.87. The van der Waals surface area contributed by atoms with Crippen molar-refractivity contribution in [1.29, 1.82) is 0 Å². The summed E-state index contributed by atoms with van der Waals surface area (Å²) in [6, 6.07) is 21.2. The lowest BCUT2D eigenvalue weighted by Gasteiger charge is -2.07. The van der Waals surface area contributed by atoms with Gasteiger partial charge in [-0.3, -0.25) is 4.21 Å². The molecule has 0 aliphatic carbocycles. The third-order valence-electron chi connectivity index (χ3n) is 4.99. The van der Waals surface area contributed by atoms with Gasteiger partial charge in [-0.05, 0) is 55.8 Å². The highest BCUT2D eigenvalue weighted by Crippen LogP contribution is 2.50. The molecule has 1 heterocycles. The minimum Gasteiger partial charge on any atom is -0.253 e. The first-order valence-corrected chi connectivity index (χ1v) is 12.6. The largest absolute Gasteiger partial charge is 0.253 e. The molecule has 4 rings (SSSR count). The molecule has 1 aliphatic rings. The quantitative estimate of drug-likeness (QED) is 0.476. The Hall–Kier alpha value is -1.80. The highest BCUT2D eigenvalue weighted by Gasteiger charge is 2.60. The molecule has 4 nitrogen and oxygen atoms in total. The number of hydrogen-bond donors (Lipinski definition) is 0. The number of aryl methyl sites for hydroxylation is 2. The zero-order valence-electron chi connectivity index (χ0n) is 15.9. The summed E-state index contributed by atoms with van der Waals surface area (Å²) >= 11 is 3.41. The zero-order chi connectivity index (χ0) is 20.8. The number of hydrogen-bond acceptors (Lipinski definition) is 3. The van der Waals surface area contributed by atoms with Crippen LogP contribution in [0.3, 0.4) is 0 Å². The second kappa shape index (κ2) is 7.80. The standard InChI is InChI=1S/C22H20BrNO3S2/c1-15-3-11-19(12-4-15)28(25)22-21(17-7-9-18(23)10-8-17)24(22)29(26,27)20-13-5-16(2)6-14-20/h3-14,21-22H,1-2H3/t21-,22+,24?,28?/m1/s1. The van der Waals surface area contributed by atoms with Crippen LogP contribution in [0.1, 0.15) is 22.7 Å². The van der Waals surface area contributed by atoms with Crippen LogP contribution in [-0.4, -0.2) is 22.3 Å². The van der Waals surface area contributed by atoms with Gasteiger partial charge in [-0.1, -0.05) is 63.5 Å². The Balaban J connectivity index is 1.74. The smallest absolute Gasteiger partial charge is 0.244 e. The van der Waals surface area contributed by atoms with Gasteiger partial charge in [0.05, 0.1) is 21.7 Å². The fourth-order valence-corrected chi connectivity index (χ4v) is 7.27. The van der Waals surface area contributed by atoms with Crippen LogP contribution >= 0.6 is 15.9 Å². The zero-order valence-corrected chi connectivity index (χ0v) is 19.2. The van der Waals surface area contributed by atoms with Gasteiger partial charge in [-0.2, -0.15) is 4.31 Å². The molecule has 0 spiro atoms. The van der Waals surface area contributed by atoms with Crippen LogP contribution in [0, 0.1) is 13.8 Å². The van der Waals surface area contributed by atoms with E-state index < -0.39 is 32.2 Å².